The number of nitrogens with zero attached hydrogens (tertiary/aromatic N) is 2. The monoisotopic (exact) mass is 285 g/mol. The average Bonchev–Trinajstić information content (AvgIpc) is 2.79. The average molecular weight is 286 g/mol. The van der Waals surface area contributed by atoms with E-state index in [0.717, 1.165) is 5.56 Å². The summed E-state index contributed by atoms with van der Waals surface area (Å²) >= 11 is 0. The van der Waals surface area contributed by atoms with Crippen LogP contribution in [0.15, 0.2) is 28.8 Å². The molecule has 19 heavy (non-hydrogen) atoms. The van der Waals surface area contributed by atoms with Gasteiger partial charge >= 0.3 is 0 Å². The summed E-state index contributed by atoms with van der Waals surface area (Å²) in [4.78, 5) is 4.12. The van der Waals surface area contributed by atoms with E-state index in [-0.39, 0.29) is 24.0 Å². The first kappa shape index (κ1) is 15.4. The Morgan fingerprint density at radius 3 is 2.53 bits per heavy atom. The zero-order chi connectivity index (χ0) is 13.1. The van der Waals surface area contributed by atoms with E-state index in [1.165, 1.54) is 0 Å². The molecule has 0 bridgehead atoms. The third-order valence-corrected chi connectivity index (χ3v) is 2.59. The largest absolute Gasteiger partial charge is 0.508 e. The Hall–Kier alpha value is -1.63. The molecule has 0 amide bonds. The van der Waals surface area contributed by atoms with E-state index < -0.39 is 12.1 Å². The normalized spacial score (nSPS) is 13.6. The van der Waals surface area contributed by atoms with Crippen molar-refractivity contribution >= 4 is 12.4 Å². The highest BCUT2D eigenvalue weighted by Crippen LogP contribution is 2.15. The maximum atomic E-state index is 9.32. The summed E-state index contributed by atoms with van der Waals surface area (Å²) in [5.41, 5.74) is 6.63. The van der Waals surface area contributed by atoms with Crippen LogP contribution in [0.4, 0.5) is 0 Å². The number of benzene rings is 1. The third-order valence-electron chi connectivity index (χ3n) is 2.59. The highest BCUT2D eigenvalue weighted by Gasteiger charge is 2.19. The van der Waals surface area contributed by atoms with Crippen LogP contribution in [0.5, 0.6) is 5.75 Å². The number of nitrogens with two attached hydrogens (primary N) is 1. The van der Waals surface area contributed by atoms with E-state index in [2.05, 4.69) is 10.1 Å². The van der Waals surface area contributed by atoms with Crippen molar-refractivity contribution in [3.05, 3.63) is 41.5 Å². The van der Waals surface area contributed by atoms with Crippen molar-refractivity contribution in [2.24, 2.45) is 5.73 Å². The smallest absolute Gasteiger partial charge is 0.246 e. The molecule has 6 nitrogen and oxygen atoms in total. The molecule has 2 aromatic rings. The molecule has 0 aliphatic heterocycles. The van der Waals surface area contributed by atoms with Gasteiger partial charge in [0.25, 0.3) is 0 Å². The first-order chi connectivity index (χ1) is 8.56. The number of aliphatic hydroxyl groups excluding tert-OH is 1. The summed E-state index contributed by atoms with van der Waals surface area (Å²) in [6.07, 6.45) is -0.261. The second-order valence-electron chi connectivity index (χ2n) is 4.16. The van der Waals surface area contributed by atoms with Gasteiger partial charge in [-0.15, -0.1) is 12.4 Å². The van der Waals surface area contributed by atoms with Gasteiger partial charge in [-0.05, 0) is 24.6 Å². The number of aromatic hydroxyl groups is 1. The van der Waals surface area contributed by atoms with E-state index in [1.807, 2.05) is 0 Å². The molecule has 7 heteroatoms. The van der Waals surface area contributed by atoms with Crippen LogP contribution < -0.4 is 5.73 Å². The van der Waals surface area contributed by atoms with Crippen LogP contribution in [-0.2, 0) is 6.42 Å². The lowest BCUT2D eigenvalue weighted by Crippen LogP contribution is -2.23. The van der Waals surface area contributed by atoms with Crippen LogP contribution in [-0.4, -0.2) is 26.5 Å². The molecular formula is C12H16ClN3O3. The Morgan fingerprint density at radius 1 is 1.32 bits per heavy atom. The van der Waals surface area contributed by atoms with Crippen molar-refractivity contribution in [3.63, 3.8) is 0 Å². The van der Waals surface area contributed by atoms with Gasteiger partial charge in [-0.25, -0.2) is 0 Å². The van der Waals surface area contributed by atoms with Gasteiger partial charge in [0.1, 0.15) is 11.8 Å². The van der Waals surface area contributed by atoms with Crippen molar-refractivity contribution < 1.29 is 14.7 Å². The summed E-state index contributed by atoms with van der Waals surface area (Å²) in [5.74, 6) is 0.925. The lowest BCUT2D eigenvalue weighted by Gasteiger charge is -2.08. The fourth-order valence-corrected chi connectivity index (χ4v) is 1.48. The van der Waals surface area contributed by atoms with Gasteiger partial charge in [-0.3, -0.25) is 0 Å². The van der Waals surface area contributed by atoms with Gasteiger partial charge in [0.2, 0.25) is 5.89 Å². The summed E-state index contributed by atoms with van der Waals surface area (Å²) in [6, 6.07) is 6.07. The molecule has 2 atom stereocenters. The SMILES string of the molecule is C[C@@H](O)[C@H](N)c1nc(Cc2ccc(O)cc2)no1.Cl. The van der Waals surface area contributed by atoms with E-state index in [9.17, 15) is 5.11 Å². The molecule has 104 valence electrons. The number of phenolic OH excluding ortho intramolecular Hbond substituents is 1. The fraction of sp³-hybridized carbons (Fsp3) is 0.333. The number of aliphatic hydroxyl groups is 1. The number of phenols is 1. The van der Waals surface area contributed by atoms with Crippen LogP contribution in [0.2, 0.25) is 0 Å². The molecule has 1 heterocycles. The lowest BCUT2D eigenvalue weighted by atomic mass is 10.1. The highest BCUT2D eigenvalue weighted by atomic mass is 35.5. The molecule has 1 aromatic heterocycles. The zero-order valence-corrected chi connectivity index (χ0v) is 11.2. The van der Waals surface area contributed by atoms with Crippen molar-refractivity contribution in [1.29, 1.82) is 0 Å². The molecule has 0 saturated heterocycles. The Kier molecular flexibility index (Phi) is 5.29. The van der Waals surface area contributed by atoms with E-state index in [0.29, 0.717) is 12.2 Å². The predicted molar refractivity (Wildman–Crippen MR) is 71.1 cm³/mol. The highest BCUT2D eigenvalue weighted by molar-refractivity contribution is 5.85. The molecule has 0 fully saturated rings. The van der Waals surface area contributed by atoms with Gasteiger partial charge in [0, 0.05) is 6.42 Å². The van der Waals surface area contributed by atoms with Crippen molar-refractivity contribution in [1.82, 2.24) is 10.1 Å². The molecule has 0 aliphatic rings. The van der Waals surface area contributed by atoms with Crippen molar-refractivity contribution in [3.8, 4) is 5.75 Å². The van der Waals surface area contributed by atoms with Gasteiger partial charge in [0.15, 0.2) is 5.82 Å². The zero-order valence-electron chi connectivity index (χ0n) is 10.4. The number of hydrogen-bond acceptors (Lipinski definition) is 6. The lowest BCUT2D eigenvalue weighted by molar-refractivity contribution is 0.146. The van der Waals surface area contributed by atoms with Gasteiger partial charge in [-0.1, -0.05) is 17.3 Å². The molecule has 2 rings (SSSR count). The third kappa shape index (κ3) is 3.92. The summed E-state index contributed by atoms with van der Waals surface area (Å²) < 4.78 is 4.99. The Bertz CT molecular complexity index is 513. The molecule has 0 aliphatic carbocycles. The van der Waals surface area contributed by atoms with Gasteiger partial charge in [0.05, 0.1) is 6.10 Å². The van der Waals surface area contributed by atoms with E-state index in [1.54, 1.807) is 31.2 Å². The molecular weight excluding hydrogens is 270 g/mol. The number of rotatable bonds is 4. The number of halogens is 1. The standard InChI is InChI=1S/C12H15N3O3.ClH/c1-7(16)11(13)12-14-10(15-18-12)6-8-2-4-9(17)5-3-8;/h2-5,7,11,16-17H,6,13H2,1H3;1H/t7-,11+;/m1./s1. The maximum Gasteiger partial charge on any atom is 0.246 e. The minimum absolute atomic E-state index is 0. The topological polar surface area (TPSA) is 105 Å². The molecule has 0 radical (unpaired) electrons. The maximum absolute atomic E-state index is 9.32. The van der Waals surface area contributed by atoms with Crippen LogP contribution in [0.25, 0.3) is 0 Å². The summed E-state index contributed by atoms with van der Waals surface area (Å²) in [5, 5.41) is 22.3. The van der Waals surface area contributed by atoms with Crippen molar-refractivity contribution in [2.45, 2.75) is 25.5 Å². The minimum atomic E-state index is -0.744. The number of aromatic nitrogens is 2. The van der Waals surface area contributed by atoms with Crippen LogP contribution >= 0.6 is 12.4 Å². The minimum Gasteiger partial charge on any atom is -0.508 e. The Balaban J connectivity index is 0.00000180. The first-order valence-electron chi connectivity index (χ1n) is 5.60. The summed E-state index contributed by atoms with van der Waals surface area (Å²) in [6.45, 7) is 1.56. The molecule has 4 N–H and O–H groups in total. The second kappa shape index (κ2) is 6.51. The van der Waals surface area contributed by atoms with E-state index >= 15 is 0 Å². The molecule has 0 unspecified atom stereocenters. The van der Waals surface area contributed by atoms with Crippen LogP contribution in [0.3, 0.4) is 0 Å². The van der Waals surface area contributed by atoms with Crippen molar-refractivity contribution in [2.75, 3.05) is 0 Å². The second-order valence-corrected chi connectivity index (χ2v) is 4.16. The summed E-state index contributed by atoms with van der Waals surface area (Å²) in [7, 11) is 0. The quantitative estimate of drug-likeness (QED) is 0.779. The first-order valence-corrected chi connectivity index (χ1v) is 5.60. The molecule has 0 spiro atoms. The molecule has 0 saturated carbocycles. The van der Waals surface area contributed by atoms with Gasteiger partial charge in [-0.2, -0.15) is 4.98 Å². The van der Waals surface area contributed by atoms with Crippen LogP contribution in [0.1, 0.15) is 30.2 Å². The number of hydrogen-bond donors (Lipinski definition) is 3. The molecule has 1 aromatic carbocycles. The Morgan fingerprint density at radius 2 is 1.95 bits per heavy atom. The van der Waals surface area contributed by atoms with Gasteiger partial charge < -0.3 is 20.5 Å². The predicted octanol–water partition coefficient (Wildman–Crippen LogP) is 1.17. The van der Waals surface area contributed by atoms with E-state index in [4.69, 9.17) is 15.4 Å². The Labute approximate surface area is 116 Å². The van der Waals surface area contributed by atoms with Crippen LogP contribution in [0, 0.1) is 0 Å². The fourth-order valence-electron chi connectivity index (χ4n) is 1.48.